The highest BCUT2D eigenvalue weighted by Crippen LogP contribution is 2.27. The Morgan fingerprint density at radius 2 is 1.95 bits per heavy atom. The van der Waals surface area contributed by atoms with E-state index >= 15 is 0 Å². The minimum Gasteiger partial charge on any atom is -0.457 e. The summed E-state index contributed by atoms with van der Waals surface area (Å²) in [5.74, 6) is 1.57. The molecule has 1 aliphatic heterocycles. The van der Waals surface area contributed by atoms with Crippen molar-refractivity contribution in [1.29, 1.82) is 0 Å². The van der Waals surface area contributed by atoms with Gasteiger partial charge in [0.2, 0.25) is 0 Å². The van der Waals surface area contributed by atoms with Crippen LogP contribution in [0.2, 0.25) is 0 Å². The van der Waals surface area contributed by atoms with Gasteiger partial charge in [0.15, 0.2) is 0 Å². The first kappa shape index (κ1) is 13.2. The zero-order valence-electron chi connectivity index (χ0n) is 11.7. The lowest BCUT2D eigenvalue weighted by Crippen LogP contribution is -2.30. The first-order valence-electron chi connectivity index (χ1n) is 6.88. The number of hydrogen-bond acceptors (Lipinski definition) is 3. The summed E-state index contributed by atoms with van der Waals surface area (Å²) in [5, 5.41) is 9.84. The number of ether oxygens (including phenoxy) is 1. The topological polar surface area (TPSA) is 38.7 Å². The molecule has 0 spiro atoms. The number of benzene rings is 2. The lowest BCUT2D eigenvalue weighted by atomic mass is 9.76. The smallest absolute Gasteiger partial charge is 0.457 e. The Labute approximate surface area is 119 Å². The summed E-state index contributed by atoms with van der Waals surface area (Å²) in [4.78, 5) is 0. The van der Waals surface area contributed by atoms with Crippen molar-refractivity contribution in [2.24, 2.45) is 0 Å². The zero-order valence-corrected chi connectivity index (χ0v) is 11.7. The molecule has 2 aromatic rings. The molecule has 0 aromatic heterocycles. The molecule has 0 fully saturated rings. The minimum atomic E-state index is -0.837. The largest absolute Gasteiger partial charge is 0.492 e. The molecular weight excluding hydrogens is 251 g/mol. The Kier molecular flexibility index (Phi) is 3.51. The lowest BCUT2D eigenvalue weighted by molar-refractivity contribution is 0.275. The third kappa shape index (κ3) is 2.32. The van der Waals surface area contributed by atoms with Crippen LogP contribution in [0.3, 0.4) is 0 Å². The molecule has 0 radical (unpaired) electrons. The predicted molar refractivity (Wildman–Crippen MR) is 79.5 cm³/mol. The van der Waals surface area contributed by atoms with Gasteiger partial charge in [-0.15, -0.1) is 0 Å². The maximum atomic E-state index is 9.84. The highest BCUT2D eigenvalue weighted by atomic mass is 16.5. The van der Waals surface area contributed by atoms with Crippen molar-refractivity contribution in [1.82, 2.24) is 0 Å². The van der Waals surface area contributed by atoms with Gasteiger partial charge in [-0.25, -0.2) is 0 Å². The third-order valence-corrected chi connectivity index (χ3v) is 3.76. The standard InChI is InChI=1S/C16H17BO3/c1-3-12-4-7-14(8-5-12)20-15-9-6-13-10-19-17(18)16(13)11(15)2/h4-9,18H,3,10H2,1-2H3. The molecule has 0 saturated heterocycles. The Balaban J connectivity index is 1.89. The van der Waals surface area contributed by atoms with E-state index in [2.05, 4.69) is 19.1 Å². The van der Waals surface area contributed by atoms with Gasteiger partial charge >= 0.3 is 7.12 Å². The first-order chi connectivity index (χ1) is 9.69. The van der Waals surface area contributed by atoms with Gasteiger partial charge in [0.1, 0.15) is 11.5 Å². The average molecular weight is 268 g/mol. The van der Waals surface area contributed by atoms with Gasteiger partial charge in [0.05, 0.1) is 6.61 Å². The van der Waals surface area contributed by atoms with Gasteiger partial charge in [-0.05, 0) is 53.7 Å². The minimum absolute atomic E-state index is 0.461. The van der Waals surface area contributed by atoms with Gasteiger partial charge in [-0.1, -0.05) is 25.1 Å². The van der Waals surface area contributed by atoms with E-state index in [9.17, 15) is 5.02 Å². The molecule has 20 heavy (non-hydrogen) atoms. The summed E-state index contributed by atoms with van der Waals surface area (Å²) in [6.07, 6.45) is 1.02. The number of fused-ring (bicyclic) bond motifs is 1. The van der Waals surface area contributed by atoms with E-state index in [1.807, 2.05) is 31.2 Å². The lowest BCUT2D eigenvalue weighted by Gasteiger charge is -2.12. The second-order valence-electron chi connectivity index (χ2n) is 5.02. The quantitative estimate of drug-likeness (QED) is 0.869. The molecule has 0 saturated carbocycles. The fourth-order valence-corrected chi connectivity index (χ4v) is 2.52. The van der Waals surface area contributed by atoms with Crippen LogP contribution in [0, 0.1) is 6.92 Å². The SMILES string of the molecule is CCc1ccc(Oc2ccc3c(c2C)B(O)OC3)cc1. The third-order valence-electron chi connectivity index (χ3n) is 3.76. The van der Waals surface area contributed by atoms with Crippen LogP contribution in [-0.2, 0) is 17.7 Å². The summed E-state index contributed by atoms with van der Waals surface area (Å²) in [5.41, 5.74) is 4.09. The van der Waals surface area contributed by atoms with Gasteiger partial charge in [-0.2, -0.15) is 0 Å². The summed E-state index contributed by atoms with van der Waals surface area (Å²) < 4.78 is 11.2. The molecule has 102 valence electrons. The monoisotopic (exact) mass is 268 g/mol. The molecule has 1 heterocycles. The summed E-state index contributed by atoms with van der Waals surface area (Å²) in [7, 11) is -0.837. The van der Waals surface area contributed by atoms with Crippen molar-refractivity contribution in [2.75, 3.05) is 0 Å². The number of aryl methyl sites for hydroxylation is 1. The fraction of sp³-hybridized carbons (Fsp3) is 0.250. The van der Waals surface area contributed by atoms with Crippen molar-refractivity contribution in [3.8, 4) is 11.5 Å². The zero-order chi connectivity index (χ0) is 14.1. The molecule has 0 aliphatic carbocycles. The summed E-state index contributed by atoms with van der Waals surface area (Å²) in [6.45, 7) is 4.54. The van der Waals surface area contributed by atoms with Crippen LogP contribution in [-0.4, -0.2) is 12.1 Å². The number of hydrogen-bond donors (Lipinski definition) is 1. The van der Waals surface area contributed by atoms with Crippen LogP contribution in [0.1, 0.15) is 23.6 Å². The van der Waals surface area contributed by atoms with Crippen LogP contribution in [0.4, 0.5) is 0 Å². The van der Waals surface area contributed by atoms with E-state index in [1.165, 1.54) is 5.56 Å². The molecule has 2 aromatic carbocycles. The van der Waals surface area contributed by atoms with Crippen molar-refractivity contribution >= 4 is 12.6 Å². The highest BCUT2D eigenvalue weighted by molar-refractivity contribution is 6.62. The summed E-state index contributed by atoms with van der Waals surface area (Å²) >= 11 is 0. The van der Waals surface area contributed by atoms with Crippen molar-refractivity contribution in [3.05, 3.63) is 53.1 Å². The molecule has 1 N–H and O–H groups in total. The Morgan fingerprint density at radius 3 is 2.65 bits per heavy atom. The molecule has 0 unspecified atom stereocenters. The second kappa shape index (κ2) is 5.31. The molecule has 3 nitrogen and oxygen atoms in total. The maximum Gasteiger partial charge on any atom is 0.492 e. The molecule has 3 rings (SSSR count). The van der Waals surface area contributed by atoms with Crippen molar-refractivity contribution in [2.45, 2.75) is 26.9 Å². The molecule has 1 aliphatic rings. The highest BCUT2D eigenvalue weighted by Gasteiger charge is 2.30. The predicted octanol–water partition coefficient (Wildman–Crippen LogP) is 2.57. The normalized spacial score (nSPS) is 13.4. The fourth-order valence-electron chi connectivity index (χ4n) is 2.52. The number of rotatable bonds is 3. The van der Waals surface area contributed by atoms with Crippen molar-refractivity contribution in [3.63, 3.8) is 0 Å². The van der Waals surface area contributed by atoms with Crippen LogP contribution in [0.15, 0.2) is 36.4 Å². The van der Waals surface area contributed by atoms with E-state index in [0.717, 1.165) is 34.5 Å². The van der Waals surface area contributed by atoms with Crippen LogP contribution in [0.5, 0.6) is 11.5 Å². The van der Waals surface area contributed by atoms with E-state index in [1.54, 1.807) is 0 Å². The molecule has 0 atom stereocenters. The molecule has 4 heteroatoms. The van der Waals surface area contributed by atoms with E-state index < -0.39 is 7.12 Å². The van der Waals surface area contributed by atoms with E-state index in [-0.39, 0.29) is 0 Å². The van der Waals surface area contributed by atoms with Gasteiger partial charge in [0.25, 0.3) is 0 Å². The Hall–Kier alpha value is -1.78. The van der Waals surface area contributed by atoms with Crippen LogP contribution in [0.25, 0.3) is 0 Å². The molecule has 0 amide bonds. The van der Waals surface area contributed by atoms with E-state index in [4.69, 9.17) is 9.39 Å². The van der Waals surface area contributed by atoms with Gasteiger partial charge in [-0.3, -0.25) is 0 Å². The molecular formula is C16H17BO3. The Bertz CT molecular complexity index is 622. The first-order valence-corrected chi connectivity index (χ1v) is 6.88. The molecule has 0 bridgehead atoms. The van der Waals surface area contributed by atoms with Crippen molar-refractivity contribution < 1.29 is 14.4 Å². The average Bonchev–Trinajstić information content (AvgIpc) is 2.85. The van der Waals surface area contributed by atoms with Crippen LogP contribution < -0.4 is 10.2 Å². The second-order valence-corrected chi connectivity index (χ2v) is 5.02. The maximum absolute atomic E-state index is 9.84. The van der Waals surface area contributed by atoms with Gasteiger partial charge < -0.3 is 14.4 Å². The Morgan fingerprint density at radius 1 is 1.20 bits per heavy atom. The summed E-state index contributed by atoms with van der Waals surface area (Å²) in [6, 6.07) is 12.0. The van der Waals surface area contributed by atoms with E-state index in [0.29, 0.717) is 6.61 Å². The van der Waals surface area contributed by atoms with Gasteiger partial charge in [0, 0.05) is 0 Å². The van der Waals surface area contributed by atoms with Crippen LogP contribution >= 0.6 is 0 Å².